The Balaban J connectivity index is 2.27. The summed E-state index contributed by atoms with van der Waals surface area (Å²) in [5, 5.41) is 8.65. The predicted molar refractivity (Wildman–Crippen MR) is 51.3 cm³/mol. The van der Waals surface area contributed by atoms with E-state index in [0.29, 0.717) is 6.61 Å². The molecule has 5 heteroatoms. The highest BCUT2D eigenvalue weighted by Gasteiger charge is 2.35. The molecule has 0 aromatic heterocycles. The van der Waals surface area contributed by atoms with E-state index in [0.717, 1.165) is 12.8 Å². The van der Waals surface area contributed by atoms with Gasteiger partial charge in [0.05, 0.1) is 19.1 Å². The number of carbonyl (C=O) groups excluding carboxylic acids is 1. The second kappa shape index (κ2) is 5.70. The second-order valence-corrected chi connectivity index (χ2v) is 3.61. The van der Waals surface area contributed by atoms with Gasteiger partial charge in [-0.1, -0.05) is 13.3 Å². The summed E-state index contributed by atoms with van der Waals surface area (Å²) >= 11 is 0. The summed E-state index contributed by atoms with van der Waals surface area (Å²) in [7, 11) is 0. The van der Waals surface area contributed by atoms with Crippen LogP contribution in [-0.2, 0) is 19.1 Å². The van der Waals surface area contributed by atoms with Crippen LogP contribution in [-0.4, -0.2) is 36.4 Å². The molecule has 0 aliphatic carbocycles. The zero-order valence-electron chi connectivity index (χ0n) is 8.77. The fraction of sp³-hybridized carbons (Fsp3) is 0.800. The zero-order valence-corrected chi connectivity index (χ0v) is 8.77. The minimum Gasteiger partial charge on any atom is -0.479 e. The number of carboxylic acids is 1. The Kier molecular flexibility index (Phi) is 4.55. The Morgan fingerprint density at radius 3 is 2.80 bits per heavy atom. The highest BCUT2D eigenvalue weighted by molar-refractivity contribution is 5.77. The summed E-state index contributed by atoms with van der Waals surface area (Å²) in [4.78, 5) is 21.9. The van der Waals surface area contributed by atoms with Crippen molar-refractivity contribution in [2.24, 2.45) is 5.92 Å². The van der Waals surface area contributed by atoms with E-state index in [-0.39, 0.29) is 19.0 Å². The number of esters is 1. The Bertz CT molecular complexity index is 238. The molecule has 0 amide bonds. The molecule has 0 saturated carbocycles. The molecule has 1 fully saturated rings. The predicted octanol–water partition coefficient (Wildman–Crippen LogP) is 0.819. The first-order valence-electron chi connectivity index (χ1n) is 5.16. The van der Waals surface area contributed by atoms with Crippen LogP contribution in [0.15, 0.2) is 0 Å². The molecule has 1 N–H and O–H groups in total. The van der Waals surface area contributed by atoms with E-state index in [1.54, 1.807) is 0 Å². The fourth-order valence-corrected chi connectivity index (χ4v) is 1.40. The van der Waals surface area contributed by atoms with E-state index in [4.69, 9.17) is 14.6 Å². The maximum absolute atomic E-state index is 11.4. The number of carboxylic acid groups (broad SMARTS) is 1. The maximum atomic E-state index is 11.4. The summed E-state index contributed by atoms with van der Waals surface area (Å²) in [6, 6.07) is 0. The van der Waals surface area contributed by atoms with Gasteiger partial charge in [0.25, 0.3) is 0 Å². The number of carbonyl (C=O) groups is 2. The third-order valence-corrected chi connectivity index (χ3v) is 2.35. The van der Waals surface area contributed by atoms with E-state index >= 15 is 0 Å². The van der Waals surface area contributed by atoms with Gasteiger partial charge in [-0.2, -0.15) is 0 Å². The van der Waals surface area contributed by atoms with Crippen LogP contribution in [0.2, 0.25) is 0 Å². The fourth-order valence-electron chi connectivity index (χ4n) is 1.40. The molecule has 5 nitrogen and oxygen atoms in total. The zero-order chi connectivity index (χ0) is 11.3. The molecular formula is C10H16O5. The molecule has 0 aromatic carbocycles. The summed E-state index contributed by atoms with van der Waals surface area (Å²) in [6.07, 6.45) is 1.17. The van der Waals surface area contributed by atoms with Gasteiger partial charge in [0, 0.05) is 0 Å². The van der Waals surface area contributed by atoms with Crippen molar-refractivity contribution < 1.29 is 24.2 Å². The van der Waals surface area contributed by atoms with Gasteiger partial charge in [0.1, 0.15) is 0 Å². The van der Waals surface area contributed by atoms with Crippen LogP contribution < -0.4 is 0 Å². The van der Waals surface area contributed by atoms with E-state index < -0.39 is 18.0 Å². The van der Waals surface area contributed by atoms with Crippen LogP contribution >= 0.6 is 0 Å². The quantitative estimate of drug-likeness (QED) is 0.544. The van der Waals surface area contributed by atoms with Gasteiger partial charge in [-0.15, -0.1) is 0 Å². The summed E-state index contributed by atoms with van der Waals surface area (Å²) in [5.41, 5.74) is 0. The molecule has 1 aliphatic heterocycles. The summed E-state index contributed by atoms with van der Waals surface area (Å²) in [6.45, 7) is 2.57. The number of hydrogen-bond acceptors (Lipinski definition) is 4. The maximum Gasteiger partial charge on any atom is 0.332 e. The van der Waals surface area contributed by atoms with Crippen molar-refractivity contribution in [1.82, 2.24) is 0 Å². The van der Waals surface area contributed by atoms with Crippen LogP contribution in [0.5, 0.6) is 0 Å². The third-order valence-electron chi connectivity index (χ3n) is 2.35. The van der Waals surface area contributed by atoms with Crippen LogP contribution in [0.1, 0.15) is 26.2 Å². The van der Waals surface area contributed by atoms with Crippen molar-refractivity contribution in [2.45, 2.75) is 32.3 Å². The number of ether oxygens (including phenoxy) is 2. The summed E-state index contributed by atoms with van der Waals surface area (Å²) < 4.78 is 9.94. The average Bonchev–Trinajstić information content (AvgIpc) is 2.66. The monoisotopic (exact) mass is 216 g/mol. The second-order valence-electron chi connectivity index (χ2n) is 3.61. The molecule has 0 radical (unpaired) electrons. The largest absolute Gasteiger partial charge is 0.479 e. The number of unbranched alkanes of at least 4 members (excludes halogenated alkanes) is 1. The summed E-state index contributed by atoms with van der Waals surface area (Å²) in [5.74, 6) is -1.77. The lowest BCUT2D eigenvalue weighted by Gasteiger charge is -2.07. The molecule has 2 atom stereocenters. The Morgan fingerprint density at radius 2 is 2.27 bits per heavy atom. The van der Waals surface area contributed by atoms with Crippen LogP contribution in [0.25, 0.3) is 0 Å². The van der Waals surface area contributed by atoms with Crippen molar-refractivity contribution in [3.05, 3.63) is 0 Å². The van der Waals surface area contributed by atoms with Gasteiger partial charge in [-0.25, -0.2) is 4.79 Å². The highest BCUT2D eigenvalue weighted by Crippen LogP contribution is 2.21. The van der Waals surface area contributed by atoms with Gasteiger partial charge in [-0.3, -0.25) is 4.79 Å². The molecular weight excluding hydrogens is 200 g/mol. The SMILES string of the molecule is CCCCOC(=O)C1COC(C(=O)O)C1. The lowest BCUT2D eigenvalue weighted by molar-refractivity contribution is -0.149. The Labute approximate surface area is 88.4 Å². The molecule has 1 rings (SSSR count). The first kappa shape index (κ1) is 12.0. The first-order chi connectivity index (χ1) is 7.15. The van der Waals surface area contributed by atoms with E-state index in [2.05, 4.69) is 0 Å². The molecule has 1 aliphatic rings. The van der Waals surface area contributed by atoms with Crippen LogP contribution in [0.4, 0.5) is 0 Å². The Hall–Kier alpha value is -1.10. The lowest BCUT2D eigenvalue weighted by atomic mass is 10.1. The highest BCUT2D eigenvalue weighted by atomic mass is 16.5. The van der Waals surface area contributed by atoms with Crippen LogP contribution in [0.3, 0.4) is 0 Å². The molecule has 1 heterocycles. The van der Waals surface area contributed by atoms with Gasteiger partial charge in [0.2, 0.25) is 0 Å². The van der Waals surface area contributed by atoms with Crippen molar-refractivity contribution in [2.75, 3.05) is 13.2 Å². The van der Waals surface area contributed by atoms with Crippen molar-refractivity contribution in [1.29, 1.82) is 0 Å². The van der Waals surface area contributed by atoms with Crippen molar-refractivity contribution in [3.8, 4) is 0 Å². The van der Waals surface area contributed by atoms with Gasteiger partial charge in [-0.05, 0) is 12.8 Å². The molecule has 15 heavy (non-hydrogen) atoms. The lowest BCUT2D eigenvalue weighted by Crippen LogP contribution is -2.21. The van der Waals surface area contributed by atoms with Crippen LogP contribution in [0, 0.1) is 5.92 Å². The van der Waals surface area contributed by atoms with E-state index in [1.165, 1.54) is 0 Å². The van der Waals surface area contributed by atoms with Gasteiger partial charge < -0.3 is 14.6 Å². The first-order valence-corrected chi connectivity index (χ1v) is 5.16. The molecule has 1 saturated heterocycles. The van der Waals surface area contributed by atoms with Crippen molar-refractivity contribution >= 4 is 11.9 Å². The smallest absolute Gasteiger partial charge is 0.332 e. The van der Waals surface area contributed by atoms with Gasteiger partial charge >= 0.3 is 11.9 Å². The molecule has 0 aromatic rings. The topological polar surface area (TPSA) is 72.8 Å². The normalized spacial score (nSPS) is 25.1. The van der Waals surface area contributed by atoms with E-state index in [9.17, 15) is 9.59 Å². The molecule has 86 valence electrons. The Morgan fingerprint density at radius 1 is 1.53 bits per heavy atom. The third kappa shape index (κ3) is 3.51. The number of aliphatic carboxylic acids is 1. The number of rotatable bonds is 5. The van der Waals surface area contributed by atoms with E-state index in [1.807, 2.05) is 6.92 Å². The van der Waals surface area contributed by atoms with Crippen molar-refractivity contribution in [3.63, 3.8) is 0 Å². The molecule has 0 spiro atoms. The molecule has 0 bridgehead atoms. The van der Waals surface area contributed by atoms with Gasteiger partial charge in [0.15, 0.2) is 6.10 Å². The minimum absolute atomic E-state index is 0.155. The number of hydrogen-bond donors (Lipinski definition) is 1. The standard InChI is InChI=1S/C10H16O5/c1-2-3-4-14-10(13)7-5-8(9(11)12)15-6-7/h7-8H,2-6H2,1H3,(H,11,12). The average molecular weight is 216 g/mol. The molecule has 2 unspecified atom stereocenters. The minimum atomic E-state index is -1.01.